The third-order valence-corrected chi connectivity index (χ3v) is 4.14. The third-order valence-electron chi connectivity index (χ3n) is 3.90. The highest BCUT2D eigenvalue weighted by molar-refractivity contribution is 6.30. The van der Waals surface area contributed by atoms with Crippen molar-refractivity contribution >= 4 is 17.5 Å². The Labute approximate surface area is 119 Å². The van der Waals surface area contributed by atoms with Crippen LogP contribution in [0.4, 0.5) is 0 Å². The number of rotatable bonds is 3. The van der Waals surface area contributed by atoms with E-state index in [4.69, 9.17) is 17.3 Å². The molecule has 0 radical (unpaired) electrons. The summed E-state index contributed by atoms with van der Waals surface area (Å²) in [6.07, 6.45) is 3.26. The van der Waals surface area contributed by atoms with Crippen LogP contribution in [0.1, 0.15) is 37.7 Å². The molecule has 4 heteroatoms. The summed E-state index contributed by atoms with van der Waals surface area (Å²) in [5.74, 6) is 0.00302. The topological polar surface area (TPSA) is 46.3 Å². The van der Waals surface area contributed by atoms with Gasteiger partial charge in [-0.25, -0.2) is 0 Å². The molecule has 0 aromatic heterocycles. The van der Waals surface area contributed by atoms with Gasteiger partial charge in [0.15, 0.2) is 0 Å². The van der Waals surface area contributed by atoms with Gasteiger partial charge in [0.2, 0.25) is 5.91 Å². The first kappa shape index (κ1) is 14.4. The Bertz CT molecular complexity index is 450. The number of carbonyl (C=O) groups excluding carboxylic acids is 1. The molecule has 19 heavy (non-hydrogen) atoms. The van der Waals surface area contributed by atoms with E-state index in [9.17, 15) is 4.79 Å². The fraction of sp³-hybridized carbons (Fsp3) is 0.533. The zero-order chi connectivity index (χ0) is 13.8. The van der Waals surface area contributed by atoms with Gasteiger partial charge in [-0.3, -0.25) is 4.79 Å². The molecule has 1 aromatic carbocycles. The molecule has 3 nitrogen and oxygen atoms in total. The number of benzene rings is 1. The van der Waals surface area contributed by atoms with Crippen LogP contribution in [0.5, 0.6) is 0 Å². The van der Waals surface area contributed by atoms with Gasteiger partial charge < -0.3 is 10.6 Å². The molecule has 0 saturated carbocycles. The van der Waals surface area contributed by atoms with Crippen LogP contribution in [0.15, 0.2) is 24.3 Å². The molecule has 104 valence electrons. The highest BCUT2D eigenvalue weighted by Gasteiger charge is 2.29. The summed E-state index contributed by atoms with van der Waals surface area (Å²) in [5.41, 5.74) is 6.75. The van der Waals surface area contributed by atoms with Gasteiger partial charge in [-0.05, 0) is 43.9 Å². The number of halogens is 1. The van der Waals surface area contributed by atoms with Crippen molar-refractivity contribution in [2.45, 2.75) is 38.1 Å². The van der Waals surface area contributed by atoms with Crippen LogP contribution in [0, 0.1) is 0 Å². The monoisotopic (exact) mass is 280 g/mol. The van der Waals surface area contributed by atoms with E-state index in [0.29, 0.717) is 11.6 Å². The number of hydrogen-bond donors (Lipinski definition) is 1. The van der Waals surface area contributed by atoms with E-state index in [-0.39, 0.29) is 17.9 Å². The van der Waals surface area contributed by atoms with Crippen molar-refractivity contribution < 1.29 is 4.79 Å². The summed E-state index contributed by atoms with van der Waals surface area (Å²) < 4.78 is 0. The van der Waals surface area contributed by atoms with Gasteiger partial charge in [-0.15, -0.1) is 0 Å². The maximum atomic E-state index is 12.6. The molecule has 1 aliphatic rings. The van der Waals surface area contributed by atoms with Gasteiger partial charge >= 0.3 is 0 Å². The summed E-state index contributed by atoms with van der Waals surface area (Å²) in [4.78, 5) is 14.6. The summed E-state index contributed by atoms with van der Waals surface area (Å²) >= 11 is 5.99. The Kier molecular flexibility index (Phi) is 4.83. The van der Waals surface area contributed by atoms with Crippen molar-refractivity contribution in [3.8, 4) is 0 Å². The smallest absolute Gasteiger partial charge is 0.230 e. The lowest BCUT2D eigenvalue weighted by Gasteiger charge is -2.36. The lowest BCUT2D eigenvalue weighted by atomic mass is 9.95. The second-order valence-corrected chi connectivity index (χ2v) is 5.63. The number of likely N-dealkylation sites (tertiary alicyclic amines) is 1. The second kappa shape index (κ2) is 6.40. The quantitative estimate of drug-likeness (QED) is 0.925. The maximum absolute atomic E-state index is 12.6. The number of amides is 1. The van der Waals surface area contributed by atoms with Crippen LogP contribution in [-0.4, -0.2) is 29.9 Å². The number of piperidine rings is 1. The molecule has 1 aliphatic heterocycles. The molecular weight excluding hydrogens is 260 g/mol. The lowest BCUT2D eigenvalue weighted by molar-refractivity contribution is -0.135. The fourth-order valence-corrected chi connectivity index (χ4v) is 2.90. The van der Waals surface area contributed by atoms with E-state index in [0.717, 1.165) is 31.4 Å². The average Bonchev–Trinajstić information content (AvgIpc) is 2.45. The average molecular weight is 281 g/mol. The SMILES string of the molecule is CC(C(=O)N1CCCCC1CN)c1cccc(Cl)c1. The van der Waals surface area contributed by atoms with Gasteiger partial charge in [0.25, 0.3) is 0 Å². The van der Waals surface area contributed by atoms with E-state index in [2.05, 4.69) is 0 Å². The van der Waals surface area contributed by atoms with Gasteiger partial charge in [-0.1, -0.05) is 23.7 Å². The van der Waals surface area contributed by atoms with E-state index < -0.39 is 0 Å². The van der Waals surface area contributed by atoms with Crippen molar-refractivity contribution in [3.63, 3.8) is 0 Å². The molecule has 2 N–H and O–H groups in total. The number of hydrogen-bond acceptors (Lipinski definition) is 2. The Morgan fingerprint density at radius 3 is 3.00 bits per heavy atom. The molecule has 2 rings (SSSR count). The van der Waals surface area contributed by atoms with E-state index in [1.54, 1.807) is 0 Å². The summed E-state index contributed by atoms with van der Waals surface area (Å²) in [5, 5.41) is 0.672. The van der Waals surface area contributed by atoms with Crippen molar-refractivity contribution in [1.29, 1.82) is 0 Å². The van der Waals surface area contributed by atoms with Crippen molar-refractivity contribution in [3.05, 3.63) is 34.9 Å². The maximum Gasteiger partial charge on any atom is 0.230 e. The van der Waals surface area contributed by atoms with Gasteiger partial charge in [0.05, 0.1) is 5.92 Å². The fourth-order valence-electron chi connectivity index (χ4n) is 2.70. The Morgan fingerprint density at radius 1 is 1.53 bits per heavy atom. The van der Waals surface area contributed by atoms with Crippen molar-refractivity contribution in [2.24, 2.45) is 5.73 Å². The molecule has 0 aliphatic carbocycles. The molecular formula is C15H21ClN2O. The van der Waals surface area contributed by atoms with Crippen LogP contribution in [0.2, 0.25) is 5.02 Å². The van der Waals surface area contributed by atoms with Gasteiger partial charge in [0, 0.05) is 24.2 Å². The Balaban J connectivity index is 2.13. The molecule has 1 aromatic rings. The largest absolute Gasteiger partial charge is 0.338 e. The highest BCUT2D eigenvalue weighted by atomic mass is 35.5. The normalized spacial score (nSPS) is 21.2. The molecule has 0 spiro atoms. The number of nitrogens with zero attached hydrogens (tertiary/aromatic N) is 1. The van der Waals surface area contributed by atoms with Gasteiger partial charge in [-0.2, -0.15) is 0 Å². The predicted octanol–water partition coefficient (Wildman–Crippen LogP) is 2.78. The molecule has 0 bridgehead atoms. The zero-order valence-corrected chi connectivity index (χ0v) is 12.1. The molecule has 1 saturated heterocycles. The molecule has 1 fully saturated rings. The van der Waals surface area contributed by atoms with E-state index in [1.807, 2.05) is 36.1 Å². The van der Waals surface area contributed by atoms with Crippen LogP contribution >= 0.6 is 11.6 Å². The molecule has 1 amide bonds. The molecule has 1 heterocycles. The minimum atomic E-state index is -0.161. The van der Waals surface area contributed by atoms with Crippen LogP contribution in [0.3, 0.4) is 0 Å². The van der Waals surface area contributed by atoms with Crippen LogP contribution < -0.4 is 5.73 Å². The first-order valence-corrected chi connectivity index (χ1v) is 7.27. The Hall–Kier alpha value is -1.06. The second-order valence-electron chi connectivity index (χ2n) is 5.19. The standard InChI is InChI=1S/C15H21ClN2O/c1-11(12-5-4-6-13(16)9-12)15(19)18-8-3-2-7-14(18)10-17/h4-6,9,11,14H,2-3,7-8,10,17H2,1H3. The molecule has 2 unspecified atom stereocenters. The summed E-state index contributed by atoms with van der Waals surface area (Å²) in [7, 11) is 0. The van der Waals surface area contributed by atoms with E-state index >= 15 is 0 Å². The number of nitrogens with two attached hydrogens (primary N) is 1. The Morgan fingerprint density at radius 2 is 2.32 bits per heavy atom. The minimum Gasteiger partial charge on any atom is -0.338 e. The zero-order valence-electron chi connectivity index (χ0n) is 11.3. The first-order valence-electron chi connectivity index (χ1n) is 6.89. The third kappa shape index (κ3) is 3.28. The summed E-state index contributed by atoms with van der Waals surface area (Å²) in [6, 6.07) is 7.73. The van der Waals surface area contributed by atoms with Gasteiger partial charge in [0.1, 0.15) is 0 Å². The lowest BCUT2D eigenvalue weighted by Crippen LogP contribution is -2.48. The number of carbonyl (C=O) groups is 1. The predicted molar refractivity (Wildman–Crippen MR) is 78.3 cm³/mol. The minimum absolute atomic E-state index is 0.161. The van der Waals surface area contributed by atoms with Crippen molar-refractivity contribution in [1.82, 2.24) is 4.90 Å². The van der Waals surface area contributed by atoms with Crippen LogP contribution in [-0.2, 0) is 4.79 Å². The highest BCUT2D eigenvalue weighted by Crippen LogP contribution is 2.25. The van der Waals surface area contributed by atoms with Crippen molar-refractivity contribution in [2.75, 3.05) is 13.1 Å². The first-order chi connectivity index (χ1) is 9.13. The van der Waals surface area contributed by atoms with Crippen LogP contribution in [0.25, 0.3) is 0 Å². The molecule has 2 atom stereocenters. The van der Waals surface area contributed by atoms with E-state index in [1.165, 1.54) is 0 Å². The summed E-state index contributed by atoms with van der Waals surface area (Å²) in [6.45, 7) is 3.32.